The molecule has 2 aliphatic rings. The number of aromatic nitrogens is 4. The standard InChI is InChI=1S/C28H30F3N7O2/c1-4-6-21(39)36-10-9-27(15-36)12-20(13-27)38-25(32)23(26(33)40)24(35-38)22-16(2)34-37(17(22)3)14-18-7-5-8-19(11-18)28(29,30)31/h5,7-8,11,20H,9-10,12-15,32H2,1-3H3,(H2,33,40). The summed E-state index contributed by atoms with van der Waals surface area (Å²) >= 11 is 0. The number of amides is 2. The monoisotopic (exact) mass is 553 g/mol. The summed E-state index contributed by atoms with van der Waals surface area (Å²) in [5.74, 6) is 4.50. The third kappa shape index (κ3) is 4.69. The van der Waals surface area contributed by atoms with Crippen molar-refractivity contribution in [3.63, 3.8) is 0 Å². The van der Waals surface area contributed by atoms with E-state index in [-0.39, 0.29) is 35.3 Å². The minimum Gasteiger partial charge on any atom is -0.383 e. The van der Waals surface area contributed by atoms with Crippen LogP contribution in [0, 0.1) is 31.1 Å². The maximum absolute atomic E-state index is 13.2. The summed E-state index contributed by atoms with van der Waals surface area (Å²) in [7, 11) is 0. The number of nitrogen functional groups attached to an aromatic ring is 1. The summed E-state index contributed by atoms with van der Waals surface area (Å²) in [6, 6.07) is 5.01. The number of nitrogens with two attached hydrogens (primary N) is 2. The lowest BCUT2D eigenvalue weighted by atomic mass is 9.65. The smallest absolute Gasteiger partial charge is 0.383 e. The summed E-state index contributed by atoms with van der Waals surface area (Å²) in [4.78, 5) is 26.5. The van der Waals surface area contributed by atoms with Crippen molar-refractivity contribution < 1.29 is 22.8 Å². The topological polar surface area (TPSA) is 125 Å². The van der Waals surface area contributed by atoms with Crippen LogP contribution in [0.4, 0.5) is 19.0 Å². The SMILES string of the molecule is CC#CC(=O)N1CCC2(CC(n3nc(-c4c(C)nn(Cc5cccc(C(F)(F)F)c5)c4C)c(C(N)=O)c3N)C2)C1. The highest BCUT2D eigenvalue weighted by atomic mass is 19.4. The van der Waals surface area contributed by atoms with Crippen molar-refractivity contribution in [2.24, 2.45) is 11.1 Å². The molecular weight excluding hydrogens is 523 g/mol. The number of anilines is 1. The van der Waals surface area contributed by atoms with Crippen LogP contribution in [-0.4, -0.2) is 49.4 Å². The van der Waals surface area contributed by atoms with Gasteiger partial charge in [-0.15, -0.1) is 0 Å². The molecule has 4 N–H and O–H groups in total. The fraction of sp³-hybridized carbons (Fsp3) is 0.429. The Kier molecular flexibility index (Phi) is 6.64. The van der Waals surface area contributed by atoms with E-state index in [0.717, 1.165) is 31.4 Å². The fourth-order valence-electron chi connectivity index (χ4n) is 6.10. The number of nitrogens with zero attached hydrogens (tertiary/aromatic N) is 5. The first-order valence-electron chi connectivity index (χ1n) is 12.9. The lowest BCUT2D eigenvalue weighted by molar-refractivity contribution is -0.137. The summed E-state index contributed by atoms with van der Waals surface area (Å²) < 4.78 is 42.8. The minimum absolute atomic E-state index is 0.0388. The molecule has 1 aliphatic heterocycles. The van der Waals surface area contributed by atoms with E-state index in [2.05, 4.69) is 16.9 Å². The van der Waals surface area contributed by atoms with Gasteiger partial charge in [0.25, 0.3) is 11.8 Å². The molecule has 2 fully saturated rings. The first-order chi connectivity index (χ1) is 18.8. The first-order valence-corrected chi connectivity index (χ1v) is 12.9. The predicted octanol–water partition coefficient (Wildman–Crippen LogP) is 3.69. The highest BCUT2D eigenvalue weighted by Gasteiger charge is 2.51. The second-order valence-electron chi connectivity index (χ2n) is 10.7. The highest BCUT2D eigenvalue weighted by Crippen LogP contribution is 2.55. The number of carbonyl (C=O) groups excluding carboxylic acids is 2. The van der Waals surface area contributed by atoms with Crippen LogP contribution in [0.3, 0.4) is 0 Å². The Morgan fingerprint density at radius 1 is 1.20 bits per heavy atom. The van der Waals surface area contributed by atoms with Gasteiger partial charge in [0, 0.05) is 24.3 Å². The maximum atomic E-state index is 13.2. The van der Waals surface area contributed by atoms with Gasteiger partial charge in [-0.25, -0.2) is 4.68 Å². The van der Waals surface area contributed by atoms with Crippen LogP contribution in [-0.2, 0) is 17.5 Å². The van der Waals surface area contributed by atoms with Crippen LogP contribution < -0.4 is 11.5 Å². The lowest BCUT2D eigenvalue weighted by Gasteiger charge is -2.45. The number of rotatable bonds is 5. The molecule has 9 nitrogen and oxygen atoms in total. The van der Waals surface area contributed by atoms with Gasteiger partial charge in [-0.05, 0) is 69.1 Å². The molecular formula is C28H30F3N7O2. The van der Waals surface area contributed by atoms with E-state index in [0.29, 0.717) is 41.3 Å². The van der Waals surface area contributed by atoms with E-state index in [1.807, 2.05) is 0 Å². The number of likely N-dealkylation sites (tertiary alicyclic amines) is 1. The molecule has 0 atom stereocenters. The summed E-state index contributed by atoms with van der Waals surface area (Å²) in [5, 5.41) is 9.27. The van der Waals surface area contributed by atoms with Crippen LogP contribution >= 0.6 is 0 Å². The molecule has 1 aromatic carbocycles. The normalized spacial score (nSPS) is 20.4. The van der Waals surface area contributed by atoms with Crippen molar-refractivity contribution in [3.05, 3.63) is 52.3 Å². The Balaban J connectivity index is 1.43. The van der Waals surface area contributed by atoms with Crippen molar-refractivity contribution in [2.45, 2.75) is 58.8 Å². The molecule has 2 amide bonds. The number of hydrogen-bond donors (Lipinski definition) is 2. The number of halogens is 3. The van der Waals surface area contributed by atoms with Gasteiger partial charge in [0.05, 0.1) is 23.8 Å². The van der Waals surface area contributed by atoms with E-state index in [4.69, 9.17) is 16.6 Å². The zero-order chi connectivity index (χ0) is 29.0. The highest BCUT2D eigenvalue weighted by molar-refractivity contribution is 6.03. The van der Waals surface area contributed by atoms with Gasteiger partial charge in [0.1, 0.15) is 17.1 Å². The Morgan fingerprint density at radius 3 is 2.58 bits per heavy atom. The molecule has 210 valence electrons. The van der Waals surface area contributed by atoms with Gasteiger partial charge in [0.2, 0.25) is 0 Å². The fourth-order valence-corrected chi connectivity index (χ4v) is 6.10. The molecule has 1 aliphatic carbocycles. The van der Waals surface area contributed by atoms with Gasteiger partial charge in [-0.2, -0.15) is 23.4 Å². The lowest BCUT2D eigenvalue weighted by Crippen LogP contribution is -2.42. The minimum atomic E-state index is -4.45. The second kappa shape index (κ2) is 9.73. The number of aryl methyl sites for hydroxylation is 1. The summed E-state index contributed by atoms with van der Waals surface area (Å²) in [5.41, 5.74) is 14.0. The molecule has 40 heavy (non-hydrogen) atoms. The van der Waals surface area contributed by atoms with Crippen LogP contribution in [0.2, 0.25) is 0 Å². The number of benzene rings is 1. The summed E-state index contributed by atoms with van der Waals surface area (Å²) in [6.07, 6.45) is -2.11. The van der Waals surface area contributed by atoms with Gasteiger partial charge in [-0.1, -0.05) is 18.1 Å². The second-order valence-corrected chi connectivity index (χ2v) is 10.7. The van der Waals surface area contributed by atoms with Crippen LogP contribution in [0.15, 0.2) is 24.3 Å². The van der Waals surface area contributed by atoms with Crippen molar-refractivity contribution in [1.82, 2.24) is 24.5 Å². The van der Waals surface area contributed by atoms with E-state index >= 15 is 0 Å². The zero-order valence-electron chi connectivity index (χ0n) is 22.5. The van der Waals surface area contributed by atoms with E-state index in [9.17, 15) is 22.8 Å². The predicted molar refractivity (Wildman–Crippen MR) is 142 cm³/mol. The number of carbonyl (C=O) groups is 2. The van der Waals surface area contributed by atoms with Crippen LogP contribution in [0.5, 0.6) is 0 Å². The van der Waals surface area contributed by atoms with Crippen molar-refractivity contribution >= 4 is 17.6 Å². The number of primary amides is 1. The molecule has 12 heteroatoms. The van der Waals surface area contributed by atoms with Crippen molar-refractivity contribution in [2.75, 3.05) is 18.8 Å². The molecule has 1 saturated heterocycles. The Morgan fingerprint density at radius 2 is 1.93 bits per heavy atom. The molecule has 5 rings (SSSR count). The molecule has 2 aromatic heterocycles. The van der Waals surface area contributed by atoms with Gasteiger partial charge in [0.15, 0.2) is 0 Å². The van der Waals surface area contributed by atoms with Gasteiger partial charge >= 0.3 is 6.18 Å². The Labute approximate surface area is 229 Å². The van der Waals surface area contributed by atoms with Crippen LogP contribution in [0.25, 0.3) is 11.3 Å². The third-order valence-electron chi connectivity index (χ3n) is 8.04. The molecule has 3 heterocycles. The Bertz CT molecular complexity index is 1570. The average Bonchev–Trinajstić information content (AvgIpc) is 3.52. The third-order valence-corrected chi connectivity index (χ3v) is 8.04. The quantitative estimate of drug-likeness (QED) is 0.467. The maximum Gasteiger partial charge on any atom is 0.416 e. The van der Waals surface area contributed by atoms with Gasteiger partial charge < -0.3 is 16.4 Å². The molecule has 3 aromatic rings. The van der Waals surface area contributed by atoms with E-state index < -0.39 is 17.6 Å². The van der Waals surface area contributed by atoms with Crippen molar-refractivity contribution in [3.8, 4) is 23.1 Å². The molecule has 0 bridgehead atoms. The first kappa shape index (κ1) is 27.3. The molecule has 0 unspecified atom stereocenters. The molecule has 0 radical (unpaired) electrons. The Hall–Kier alpha value is -4.27. The molecule has 1 spiro atoms. The van der Waals surface area contributed by atoms with Crippen molar-refractivity contribution in [1.29, 1.82) is 0 Å². The molecule has 1 saturated carbocycles. The average molecular weight is 554 g/mol. The largest absolute Gasteiger partial charge is 0.416 e. The van der Waals surface area contributed by atoms with Crippen LogP contribution in [0.1, 0.15) is 65.1 Å². The summed E-state index contributed by atoms with van der Waals surface area (Å²) in [6.45, 7) is 6.51. The number of alkyl halides is 3. The van der Waals surface area contributed by atoms with E-state index in [1.54, 1.807) is 41.1 Å². The zero-order valence-corrected chi connectivity index (χ0v) is 22.5. The van der Waals surface area contributed by atoms with E-state index in [1.165, 1.54) is 6.07 Å². The number of hydrogen-bond acceptors (Lipinski definition) is 5. The van der Waals surface area contributed by atoms with Gasteiger partial charge in [-0.3, -0.25) is 14.3 Å².